The zero-order chi connectivity index (χ0) is 19.5. The molecule has 0 unspecified atom stereocenters. The molecule has 1 N–H and O–H groups in total. The van der Waals surface area contributed by atoms with E-state index in [1.165, 1.54) is 0 Å². The van der Waals surface area contributed by atoms with Crippen molar-refractivity contribution in [3.05, 3.63) is 72.1 Å². The summed E-state index contributed by atoms with van der Waals surface area (Å²) in [4.78, 5) is 21.6. The summed E-state index contributed by atoms with van der Waals surface area (Å²) in [6.45, 7) is 4.48. The number of hydrogen-bond acceptors (Lipinski definition) is 4. The van der Waals surface area contributed by atoms with E-state index < -0.39 is 0 Å². The first-order chi connectivity index (χ1) is 13.6. The minimum Gasteiger partial charge on any atom is -0.494 e. The minimum absolute atomic E-state index is 0.0796. The molecule has 28 heavy (non-hydrogen) atoms. The van der Waals surface area contributed by atoms with Gasteiger partial charge in [-0.1, -0.05) is 24.3 Å². The van der Waals surface area contributed by atoms with Gasteiger partial charge in [-0.3, -0.25) is 9.78 Å². The van der Waals surface area contributed by atoms with Crippen LogP contribution in [-0.2, 0) is 4.79 Å². The highest BCUT2D eigenvalue weighted by Crippen LogP contribution is 2.33. The highest BCUT2D eigenvalue weighted by Gasteiger charge is 2.18. The number of nitrogens with one attached hydrogen (secondary N) is 1. The second-order valence-electron chi connectivity index (χ2n) is 6.66. The van der Waals surface area contributed by atoms with E-state index in [0.29, 0.717) is 18.0 Å². The number of ether oxygens (including phenoxy) is 1. The fourth-order valence-electron chi connectivity index (χ4n) is 3.18. The molecule has 140 valence electrons. The predicted molar refractivity (Wildman–Crippen MR) is 111 cm³/mol. The molecule has 0 bridgehead atoms. The van der Waals surface area contributed by atoms with Crippen molar-refractivity contribution in [2.24, 2.45) is 4.99 Å². The highest BCUT2D eigenvalue weighted by molar-refractivity contribution is 6.17. The van der Waals surface area contributed by atoms with Crippen LogP contribution in [0.15, 0.2) is 65.8 Å². The Bertz CT molecular complexity index is 1060. The van der Waals surface area contributed by atoms with Crippen LogP contribution in [0.25, 0.3) is 11.1 Å². The lowest BCUT2D eigenvalue weighted by Gasteiger charge is -2.08. The van der Waals surface area contributed by atoms with E-state index in [9.17, 15) is 4.79 Å². The van der Waals surface area contributed by atoms with Crippen molar-refractivity contribution in [2.45, 2.75) is 20.3 Å². The van der Waals surface area contributed by atoms with Crippen LogP contribution in [0, 0.1) is 6.92 Å². The summed E-state index contributed by atoms with van der Waals surface area (Å²) < 4.78 is 5.58. The molecule has 2 heterocycles. The van der Waals surface area contributed by atoms with Crippen molar-refractivity contribution in [3.8, 4) is 16.9 Å². The third-order valence-electron chi connectivity index (χ3n) is 4.58. The standard InChI is InChI=1S/C23H21N3O2/c1-3-28-19-9-10-20-22(12-19)25-21(13-23(27)26-20)17-6-4-5-16(11-17)18-8-7-15(2)24-14-18/h4-12,14H,3,13H2,1-2H3,(H,26,27). The SMILES string of the molecule is CCOc1ccc2c(c1)N=C(c1cccc(-c3ccc(C)nc3)c1)CC(=O)N2. The van der Waals surface area contributed by atoms with Gasteiger partial charge in [-0.15, -0.1) is 0 Å². The van der Waals surface area contributed by atoms with Crippen LogP contribution < -0.4 is 10.1 Å². The number of fused-ring (bicyclic) bond motifs is 1. The maximum Gasteiger partial charge on any atom is 0.230 e. The Morgan fingerprint density at radius 2 is 1.89 bits per heavy atom. The molecule has 2 aromatic carbocycles. The fraction of sp³-hybridized carbons (Fsp3) is 0.174. The number of benzene rings is 2. The summed E-state index contributed by atoms with van der Waals surface area (Å²) in [5, 5.41) is 2.92. The summed E-state index contributed by atoms with van der Waals surface area (Å²) in [7, 11) is 0. The first-order valence-electron chi connectivity index (χ1n) is 9.30. The largest absolute Gasteiger partial charge is 0.494 e. The maximum absolute atomic E-state index is 12.4. The number of aryl methyl sites for hydroxylation is 1. The van der Waals surface area contributed by atoms with E-state index in [2.05, 4.69) is 16.4 Å². The van der Waals surface area contributed by atoms with Gasteiger partial charge in [0.05, 0.1) is 30.1 Å². The number of carbonyl (C=O) groups excluding carboxylic acids is 1. The average Bonchev–Trinajstić information content (AvgIpc) is 2.87. The Balaban J connectivity index is 1.75. The molecule has 1 aliphatic heterocycles. The molecule has 0 atom stereocenters. The quantitative estimate of drug-likeness (QED) is 0.708. The molecule has 1 aliphatic rings. The maximum atomic E-state index is 12.4. The van der Waals surface area contributed by atoms with Crippen LogP contribution in [-0.4, -0.2) is 23.2 Å². The highest BCUT2D eigenvalue weighted by atomic mass is 16.5. The van der Waals surface area contributed by atoms with Crippen LogP contribution >= 0.6 is 0 Å². The molecule has 0 aliphatic carbocycles. The van der Waals surface area contributed by atoms with E-state index in [1.807, 2.05) is 68.6 Å². The number of nitrogens with zero attached hydrogens (tertiary/aromatic N) is 2. The van der Waals surface area contributed by atoms with Gasteiger partial charge in [0, 0.05) is 23.5 Å². The Morgan fingerprint density at radius 1 is 1.04 bits per heavy atom. The first-order valence-corrected chi connectivity index (χ1v) is 9.30. The van der Waals surface area contributed by atoms with Gasteiger partial charge in [-0.2, -0.15) is 0 Å². The topological polar surface area (TPSA) is 63.6 Å². The van der Waals surface area contributed by atoms with Crippen LogP contribution in [0.2, 0.25) is 0 Å². The summed E-state index contributed by atoms with van der Waals surface area (Å²) in [5.41, 5.74) is 6.10. The third-order valence-corrected chi connectivity index (χ3v) is 4.58. The summed E-state index contributed by atoms with van der Waals surface area (Å²) in [6.07, 6.45) is 2.08. The molecule has 0 saturated carbocycles. The molecule has 4 rings (SSSR count). The third kappa shape index (κ3) is 3.78. The molecule has 0 saturated heterocycles. The fourth-order valence-corrected chi connectivity index (χ4v) is 3.18. The Hall–Kier alpha value is -3.47. The van der Waals surface area contributed by atoms with Crippen LogP contribution in [0.3, 0.4) is 0 Å². The molecule has 3 aromatic rings. The number of aromatic nitrogens is 1. The zero-order valence-electron chi connectivity index (χ0n) is 15.9. The molecule has 0 spiro atoms. The monoisotopic (exact) mass is 371 g/mol. The number of amides is 1. The molecule has 5 heteroatoms. The van der Waals surface area contributed by atoms with Gasteiger partial charge >= 0.3 is 0 Å². The molecule has 1 amide bonds. The second-order valence-corrected chi connectivity index (χ2v) is 6.66. The Kier molecular flexibility index (Phi) is 4.89. The molecule has 0 radical (unpaired) electrons. The van der Waals surface area contributed by atoms with E-state index in [4.69, 9.17) is 9.73 Å². The molecular weight excluding hydrogens is 350 g/mol. The van der Waals surface area contributed by atoms with Crippen LogP contribution in [0.5, 0.6) is 5.75 Å². The summed E-state index contributed by atoms with van der Waals surface area (Å²) >= 11 is 0. The number of pyridine rings is 1. The van der Waals surface area contributed by atoms with Crippen molar-refractivity contribution in [2.75, 3.05) is 11.9 Å². The molecular formula is C23H21N3O2. The number of carbonyl (C=O) groups is 1. The second kappa shape index (κ2) is 7.64. The van der Waals surface area contributed by atoms with E-state index >= 15 is 0 Å². The number of hydrogen-bond donors (Lipinski definition) is 1. The van der Waals surface area contributed by atoms with Crippen LogP contribution in [0.4, 0.5) is 11.4 Å². The van der Waals surface area contributed by atoms with Gasteiger partial charge in [-0.25, -0.2) is 4.99 Å². The van der Waals surface area contributed by atoms with E-state index in [-0.39, 0.29) is 12.3 Å². The average molecular weight is 371 g/mol. The van der Waals surface area contributed by atoms with E-state index in [0.717, 1.165) is 33.8 Å². The van der Waals surface area contributed by atoms with Crippen molar-refractivity contribution in [1.29, 1.82) is 0 Å². The van der Waals surface area contributed by atoms with Crippen LogP contribution in [0.1, 0.15) is 24.6 Å². The van der Waals surface area contributed by atoms with Crippen molar-refractivity contribution < 1.29 is 9.53 Å². The normalized spacial score (nSPS) is 13.2. The number of aliphatic imine (C=N–C) groups is 1. The van der Waals surface area contributed by atoms with Crippen molar-refractivity contribution in [1.82, 2.24) is 4.98 Å². The van der Waals surface area contributed by atoms with Crippen molar-refractivity contribution in [3.63, 3.8) is 0 Å². The number of rotatable bonds is 4. The summed E-state index contributed by atoms with van der Waals surface area (Å²) in [6, 6.07) is 17.6. The van der Waals surface area contributed by atoms with Gasteiger partial charge in [0.25, 0.3) is 0 Å². The molecule has 0 fully saturated rings. The first kappa shape index (κ1) is 17.9. The molecule has 1 aromatic heterocycles. The van der Waals surface area contributed by atoms with Gasteiger partial charge in [0.1, 0.15) is 5.75 Å². The lowest BCUT2D eigenvalue weighted by molar-refractivity contribution is -0.115. The van der Waals surface area contributed by atoms with Crippen molar-refractivity contribution >= 4 is 23.0 Å². The molecule has 5 nitrogen and oxygen atoms in total. The lowest BCUT2D eigenvalue weighted by atomic mass is 10.0. The minimum atomic E-state index is -0.0796. The summed E-state index contributed by atoms with van der Waals surface area (Å²) in [5.74, 6) is 0.657. The Labute approximate surface area is 164 Å². The lowest BCUT2D eigenvalue weighted by Crippen LogP contribution is -2.15. The smallest absolute Gasteiger partial charge is 0.230 e. The van der Waals surface area contributed by atoms with E-state index in [1.54, 1.807) is 0 Å². The predicted octanol–water partition coefficient (Wildman–Crippen LogP) is 4.92. The van der Waals surface area contributed by atoms with Gasteiger partial charge < -0.3 is 10.1 Å². The van der Waals surface area contributed by atoms with Gasteiger partial charge in [0.2, 0.25) is 5.91 Å². The Morgan fingerprint density at radius 3 is 2.68 bits per heavy atom. The number of anilines is 1. The van der Waals surface area contributed by atoms with Gasteiger partial charge in [0.15, 0.2) is 0 Å². The van der Waals surface area contributed by atoms with Gasteiger partial charge in [-0.05, 0) is 49.2 Å². The zero-order valence-corrected chi connectivity index (χ0v) is 15.9.